The normalized spacial score (nSPS) is 10.4. The van der Waals surface area contributed by atoms with Gasteiger partial charge in [0, 0.05) is 23.3 Å². The maximum absolute atomic E-state index is 5.75. The Labute approximate surface area is 115 Å². The lowest BCUT2D eigenvalue weighted by atomic mass is 10.1. The van der Waals surface area contributed by atoms with Gasteiger partial charge in [0.25, 0.3) is 0 Å². The van der Waals surface area contributed by atoms with Crippen LogP contribution in [0.3, 0.4) is 0 Å². The number of ether oxygens (including phenoxy) is 1. The Bertz CT molecular complexity index is 546. The lowest BCUT2D eigenvalue weighted by Crippen LogP contribution is -1.97. The molecule has 0 amide bonds. The standard InChI is InChI=1S/C14H15BrN2O/c1-9-5-12(6-10(2)14(9)15)18-13-7-11(8-16)3-4-17-13/h3-7H,8,16H2,1-2H3. The van der Waals surface area contributed by atoms with Crippen LogP contribution in [0.15, 0.2) is 34.9 Å². The van der Waals surface area contributed by atoms with Gasteiger partial charge in [-0.15, -0.1) is 0 Å². The SMILES string of the molecule is Cc1cc(Oc2cc(CN)ccn2)cc(C)c1Br. The molecular formula is C14H15BrN2O. The molecule has 0 atom stereocenters. The number of hydrogen-bond acceptors (Lipinski definition) is 3. The first-order valence-corrected chi connectivity index (χ1v) is 6.49. The summed E-state index contributed by atoms with van der Waals surface area (Å²) in [5, 5.41) is 0. The number of nitrogens with zero attached hydrogens (tertiary/aromatic N) is 1. The van der Waals surface area contributed by atoms with E-state index in [0.717, 1.165) is 26.9 Å². The van der Waals surface area contributed by atoms with Crippen molar-refractivity contribution in [3.63, 3.8) is 0 Å². The fourth-order valence-corrected chi connectivity index (χ4v) is 1.95. The molecule has 94 valence electrons. The largest absolute Gasteiger partial charge is 0.439 e. The summed E-state index contributed by atoms with van der Waals surface area (Å²) in [7, 11) is 0. The van der Waals surface area contributed by atoms with Crippen molar-refractivity contribution in [2.75, 3.05) is 0 Å². The molecule has 0 bridgehead atoms. The number of aromatic nitrogens is 1. The molecule has 0 unspecified atom stereocenters. The zero-order valence-electron chi connectivity index (χ0n) is 10.4. The van der Waals surface area contributed by atoms with Crippen molar-refractivity contribution in [2.24, 2.45) is 5.73 Å². The molecule has 0 fully saturated rings. The quantitative estimate of drug-likeness (QED) is 0.940. The monoisotopic (exact) mass is 306 g/mol. The Balaban J connectivity index is 2.28. The van der Waals surface area contributed by atoms with Crippen LogP contribution in [-0.4, -0.2) is 4.98 Å². The van der Waals surface area contributed by atoms with Gasteiger partial charge < -0.3 is 10.5 Å². The molecule has 0 radical (unpaired) electrons. The van der Waals surface area contributed by atoms with Gasteiger partial charge in [0.15, 0.2) is 0 Å². The van der Waals surface area contributed by atoms with Gasteiger partial charge in [-0.25, -0.2) is 4.98 Å². The first-order valence-electron chi connectivity index (χ1n) is 5.69. The third kappa shape index (κ3) is 2.89. The Hall–Kier alpha value is -1.39. The van der Waals surface area contributed by atoms with Gasteiger partial charge in [0.1, 0.15) is 5.75 Å². The Morgan fingerprint density at radius 3 is 2.50 bits per heavy atom. The summed E-state index contributed by atoms with van der Waals surface area (Å²) in [5.74, 6) is 1.36. The molecule has 18 heavy (non-hydrogen) atoms. The molecule has 0 aliphatic rings. The predicted octanol–water partition coefficient (Wildman–Crippen LogP) is 3.71. The van der Waals surface area contributed by atoms with E-state index in [4.69, 9.17) is 10.5 Å². The number of aryl methyl sites for hydroxylation is 2. The minimum absolute atomic E-state index is 0.483. The van der Waals surface area contributed by atoms with Crippen molar-refractivity contribution in [1.82, 2.24) is 4.98 Å². The van der Waals surface area contributed by atoms with Crippen molar-refractivity contribution >= 4 is 15.9 Å². The number of hydrogen-bond donors (Lipinski definition) is 1. The van der Waals surface area contributed by atoms with Crippen LogP contribution < -0.4 is 10.5 Å². The number of pyridine rings is 1. The number of halogens is 1. The van der Waals surface area contributed by atoms with Crippen molar-refractivity contribution in [3.05, 3.63) is 51.6 Å². The maximum atomic E-state index is 5.75. The molecule has 4 heteroatoms. The average Bonchev–Trinajstić information content (AvgIpc) is 2.36. The summed E-state index contributed by atoms with van der Waals surface area (Å²) in [5.41, 5.74) is 8.87. The molecule has 2 rings (SSSR count). The topological polar surface area (TPSA) is 48.1 Å². The minimum atomic E-state index is 0.483. The summed E-state index contributed by atoms with van der Waals surface area (Å²) in [4.78, 5) is 4.17. The van der Waals surface area contributed by atoms with Gasteiger partial charge in [-0.2, -0.15) is 0 Å². The van der Waals surface area contributed by atoms with Gasteiger partial charge >= 0.3 is 0 Å². The fraction of sp³-hybridized carbons (Fsp3) is 0.214. The zero-order valence-corrected chi connectivity index (χ0v) is 12.0. The molecular weight excluding hydrogens is 292 g/mol. The van der Waals surface area contributed by atoms with E-state index in [0.29, 0.717) is 12.4 Å². The van der Waals surface area contributed by atoms with Crippen LogP contribution in [0, 0.1) is 13.8 Å². The fourth-order valence-electron chi connectivity index (χ4n) is 1.72. The third-order valence-electron chi connectivity index (χ3n) is 2.67. The Morgan fingerprint density at radius 2 is 1.89 bits per heavy atom. The predicted molar refractivity (Wildman–Crippen MR) is 75.8 cm³/mol. The molecule has 1 aromatic carbocycles. The molecule has 3 nitrogen and oxygen atoms in total. The van der Waals surface area contributed by atoms with Crippen LogP contribution in [0.4, 0.5) is 0 Å². The molecule has 0 aliphatic carbocycles. The molecule has 1 heterocycles. The van der Waals surface area contributed by atoms with E-state index < -0.39 is 0 Å². The van der Waals surface area contributed by atoms with Gasteiger partial charge in [0.2, 0.25) is 5.88 Å². The minimum Gasteiger partial charge on any atom is -0.439 e. The zero-order chi connectivity index (χ0) is 13.1. The van der Waals surface area contributed by atoms with E-state index >= 15 is 0 Å². The Kier molecular flexibility index (Phi) is 3.99. The van der Waals surface area contributed by atoms with E-state index in [1.165, 1.54) is 0 Å². The molecule has 0 saturated heterocycles. The second-order valence-corrected chi connectivity index (χ2v) is 4.97. The average molecular weight is 307 g/mol. The summed E-state index contributed by atoms with van der Waals surface area (Å²) in [6.07, 6.45) is 1.70. The van der Waals surface area contributed by atoms with Crippen molar-refractivity contribution in [3.8, 4) is 11.6 Å². The van der Waals surface area contributed by atoms with E-state index in [2.05, 4.69) is 20.9 Å². The maximum Gasteiger partial charge on any atom is 0.219 e. The van der Waals surface area contributed by atoms with Gasteiger partial charge in [-0.3, -0.25) is 0 Å². The lowest BCUT2D eigenvalue weighted by Gasteiger charge is -2.09. The van der Waals surface area contributed by atoms with E-state index in [1.54, 1.807) is 6.20 Å². The van der Waals surface area contributed by atoms with Crippen molar-refractivity contribution < 1.29 is 4.74 Å². The molecule has 2 N–H and O–H groups in total. The molecule has 1 aromatic heterocycles. The van der Waals surface area contributed by atoms with Gasteiger partial charge in [-0.05, 0) is 48.7 Å². The number of benzene rings is 1. The lowest BCUT2D eigenvalue weighted by molar-refractivity contribution is 0.461. The van der Waals surface area contributed by atoms with Crippen LogP contribution in [0.2, 0.25) is 0 Å². The van der Waals surface area contributed by atoms with Crippen LogP contribution in [0.5, 0.6) is 11.6 Å². The smallest absolute Gasteiger partial charge is 0.219 e. The van der Waals surface area contributed by atoms with E-state index in [1.807, 2.05) is 38.1 Å². The number of nitrogens with two attached hydrogens (primary N) is 1. The molecule has 0 aliphatic heterocycles. The second-order valence-electron chi connectivity index (χ2n) is 4.18. The Morgan fingerprint density at radius 1 is 1.22 bits per heavy atom. The first kappa shape index (κ1) is 13.1. The first-order chi connectivity index (χ1) is 8.60. The van der Waals surface area contributed by atoms with Crippen LogP contribution in [-0.2, 0) is 6.54 Å². The number of rotatable bonds is 3. The third-order valence-corrected chi connectivity index (χ3v) is 3.92. The van der Waals surface area contributed by atoms with E-state index in [9.17, 15) is 0 Å². The molecule has 0 spiro atoms. The van der Waals surface area contributed by atoms with Crippen molar-refractivity contribution in [1.29, 1.82) is 0 Å². The van der Waals surface area contributed by atoms with Crippen LogP contribution in [0.25, 0.3) is 0 Å². The highest BCUT2D eigenvalue weighted by molar-refractivity contribution is 9.10. The highest BCUT2D eigenvalue weighted by Gasteiger charge is 2.05. The summed E-state index contributed by atoms with van der Waals surface area (Å²) < 4.78 is 6.86. The highest BCUT2D eigenvalue weighted by Crippen LogP contribution is 2.28. The summed E-state index contributed by atoms with van der Waals surface area (Å²) in [6.45, 7) is 4.55. The summed E-state index contributed by atoms with van der Waals surface area (Å²) in [6, 6.07) is 7.69. The second kappa shape index (κ2) is 5.50. The molecule has 0 saturated carbocycles. The van der Waals surface area contributed by atoms with Crippen LogP contribution >= 0.6 is 15.9 Å². The van der Waals surface area contributed by atoms with Crippen LogP contribution in [0.1, 0.15) is 16.7 Å². The van der Waals surface area contributed by atoms with E-state index in [-0.39, 0.29) is 0 Å². The van der Waals surface area contributed by atoms with Crippen molar-refractivity contribution in [2.45, 2.75) is 20.4 Å². The summed E-state index contributed by atoms with van der Waals surface area (Å²) >= 11 is 3.53. The van der Waals surface area contributed by atoms with Gasteiger partial charge in [-0.1, -0.05) is 15.9 Å². The highest BCUT2D eigenvalue weighted by atomic mass is 79.9. The molecule has 2 aromatic rings. The van der Waals surface area contributed by atoms with Gasteiger partial charge in [0.05, 0.1) is 0 Å².